The Kier molecular flexibility index (Phi) is 7.36. The van der Waals surface area contributed by atoms with Crippen LogP contribution in [0.25, 0.3) is 0 Å². The molecule has 1 fully saturated rings. The monoisotopic (exact) mass is 353 g/mol. The van der Waals surface area contributed by atoms with E-state index in [-0.39, 0.29) is 23.3 Å². The maximum absolute atomic E-state index is 12.8. The lowest BCUT2D eigenvalue weighted by molar-refractivity contribution is 0.262. The second-order valence-electron chi connectivity index (χ2n) is 4.94. The van der Waals surface area contributed by atoms with Gasteiger partial charge in [0.05, 0.1) is 5.02 Å². The molecule has 1 aliphatic rings. The van der Waals surface area contributed by atoms with Gasteiger partial charge >= 0.3 is 0 Å². The first-order chi connectivity index (χ1) is 9.55. The van der Waals surface area contributed by atoms with Crippen molar-refractivity contribution < 1.29 is 8.42 Å². The van der Waals surface area contributed by atoms with Crippen LogP contribution in [-0.4, -0.2) is 43.4 Å². The van der Waals surface area contributed by atoms with Crippen LogP contribution in [0.3, 0.4) is 0 Å². The van der Waals surface area contributed by atoms with Gasteiger partial charge in [-0.2, -0.15) is 4.31 Å². The highest BCUT2D eigenvalue weighted by Gasteiger charge is 2.31. The molecule has 1 saturated heterocycles. The van der Waals surface area contributed by atoms with Gasteiger partial charge < -0.3 is 5.32 Å². The van der Waals surface area contributed by atoms with Gasteiger partial charge in [-0.3, -0.25) is 4.98 Å². The van der Waals surface area contributed by atoms with Crippen molar-refractivity contribution in [2.24, 2.45) is 0 Å². The van der Waals surface area contributed by atoms with Crippen LogP contribution >= 0.6 is 24.0 Å². The van der Waals surface area contributed by atoms with E-state index in [0.717, 1.165) is 32.4 Å². The van der Waals surface area contributed by atoms with Gasteiger partial charge in [-0.05, 0) is 38.4 Å². The average molecular weight is 354 g/mol. The summed E-state index contributed by atoms with van der Waals surface area (Å²) in [6, 6.07) is 1.52. The van der Waals surface area contributed by atoms with E-state index in [2.05, 4.69) is 10.3 Å². The zero-order chi connectivity index (χ0) is 14.6. The Bertz CT molecular complexity index is 548. The number of hydrogen-bond acceptors (Lipinski definition) is 4. The van der Waals surface area contributed by atoms with Crippen LogP contribution in [0.1, 0.15) is 26.2 Å². The first-order valence-corrected chi connectivity index (χ1v) is 8.70. The molecule has 2 rings (SSSR count). The normalized spacial score (nSPS) is 16.7. The molecule has 1 aromatic rings. The van der Waals surface area contributed by atoms with Crippen LogP contribution in [-0.2, 0) is 10.0 Å². The van der Waals surface area contributed by atoms with E-state index < -0.39 is 10.0 Å². The molecule has 8 heteroatoms. The molecule has 1 N–H and O–H groups in total. The van der Waals surface area contributed by atoms with Crippen molar-refractivity contribution in [2.45, 2.75) is 37.1 Å². The molecular formula is C13H21Cl2N3O2S. The molecule has 0 aromatic carbocycles. The first-order valence-electron chi connectivity index (χ1n) is 6.89. The fraction of sp³-hybridized carbons (Fsp3) is 0.615. The smallest absolute Gasteiger partial charge is 0.244 e. The quantitative estimate of drug-likeness (QED) is 0.882. The largest absolute Gasteiger partial charge is 0.317 e. The van der Waals surface area contributed by atoms with Gasteiger partial charge in [0.2, 0.25) is 10.0 Å². The number of pyridine rings is 1. The van der Waals surface area contributed by atoms with Crippen molar-refractivity contribution in [1.82, 2.24) is 14.6 Å². The topological polar surface area (TPSA) is 62.3 Å². The van der Waals surface area contributed by atoms with Crippen LogP contribution in [0.4, 0.5) is 0 Å². The molecule has 21 heavy (non-hydrogen) atoms. The molecule has 0 amide bonds. The molecule has 1 aromatic heterocycles. The Morgan fingerprint density at radius 2 is 2.05 bits per heavy atom. The maximum atomic E-state index is 12.8. The maximum Gasteiger partial charge on any atom is 0.244 e. The summed E-state index contributed by atoms with van der Waals surface area (Å²) < 4.78 is 27.2. The van der Waals surface area contributed by atoms with Gasteiger partial charge in [0.25, 0.3) is 0 Å². The van der Waals surface area contributed by atoms with E-state index in [9.17, 15) is 8.42 Å². The van der Waals surface area contributed by atoms with Gasteiger partial charge in [0.1, 0.15) is 4.90 Å². The lowest BCUT2D eigenvalue weighted by Crippen LogP contribution is -2.46. The fourth-order valence-corrected chi connectivity index (χ4v) is 4.49. The van der Waals surface area contributed by atoms with Crippen molar-refractivity contribution in [2.75, 3.05) is 19.6 Å². The van der Waals surface area contributed by atoms with Crippen molar-refractivity contribution in [1.29, 1.82) is 0 Å². The Labute approximate surface area is 137 Å². The number of nitrogens with zero attached hydrogens (tertiary/aromatic N) is 2. The molecular weight excluding hydrogens is 333 g/mol. The van der Waals surface area contributed by atoms with E-state index in [4.69, 9.17) is 11.6 Å². The lowest BCUT2D eigenvalue weighted by Gasteiger charge is -2.33. The summed E-state index contributed by atoms with van der Waals surface area (Å²) in [6.45, 7) is 4.22. The standard InChI is InChI=1S/C13H20ClN3O2S.ClH/c1-2-7-17(12-3-5-15-6-4-12)20(18,19)13-8-11(14)9-16-10-13;/h8-10,12,15H,2-7H2,1H3;1H. The van der Waals surface area contributed by atoms with E-state index in [1.54, 1.807) is 4.31 Å². The highest BCUT2D eigenvalue weighted by molar-refractivity contribution is 7.89. The summed E-state index contributed by atoms with van der Waals surface area (Å²) >= 11 is 5.86. The predicted molar refractivity (Wildman–Crippen MR) is 86.6 cm³/mol. The average Bonchev–Trinajstić information content (AvgIpc) is 2.45. The molecule has 0 aliphatic carbocycles. The lowest BCUT2D eigenvalue weighted by atomic mass is 10.1. The number of nitrogens with one attached hydrogen (secondary N) is 1. The van der Waals surface area contributed by atoms with E-state index >= 15 is 0 Å². The molecule has 0 unspecified atom stereocenters. The van der Waals surface area contributed by atoms with Gasteiger partial charge in [-0.25, -0.2) is 8.42 Å². The minimum atomic E-state index is -3.53. The summed E-state index contributed by atoms with van der Waals surface area (Å²) in [5, 5.41) is 3.60. The van der Waals surface area contributed by atoms with E-state index in [0.29, 0.717) is 11.6 Å². The van der Waals surface area contributed by atoms with Crippen molar-refractivity contribution >= 4 is 34.0 Å². The fourth-order valence-electron chi connectivity index (χ4n) is 2.48. The van der Waals surface area contributed by atoms with E-state index in [1.807, 2.05) is 6.92 Å². The molecule has 2 heterocycles. The molecule has 0 saturated carbocycles. The van der Waals surface area contributed by atoms with E-state index in [1.165, 1.54) is 18.5 Å². The number of hydrogen-bond donors (Lipinski definition) is 1. The SMILES string of the molecule is CCCN(C1CCNCC1)S(=O)(=O)c1cncc(Cl)c1.Cl. The minimum Gasteiger partial charge on any atom is -0.317 e. The summed E-state index contributed by atoms with van der Waals surface area (Å²) in [6.07, 6.45) is 5.28. The van der Waals surface area contributed by atoms with Crippen molar-refractivity contribution in [3.63, 3.8) is 0 Å². The first kappa shape index (κ1) is 18.6. The molecule has 0 bridgehead atoms. The highest BCUT2D eigenvalue weighted by atomic mass is 35.5. The number of halogens is 2. The zero-order valence-electron chi connectivity index (χ0n) is 12.0. The summed E-state index contributed by atoms with van der Waals surface area (Å²) in [4.78, 5) is 4.07. The summed E-state index contributed by atoms with van der Waals surface area (Å²) in [5.41, 5.74) is 0. The number of rotatable bonds is 5. The Balaban J connectivity index is 0.00000220. The van der Waals surface area contributed by atoms with Crippen LogP contribution < -0.4 is 5.32 Å². The van der Waals surface area contributed by atoms with Crippen LogP contribution in [0.5, 0.6) is 0 Å². The summed E-state index contributed by atoms with van der Waals surface area (Å²) in [5.74, 6) is 0. The third-order valence-corrected chi connectivity index (χ3v) is 5.57. The molecule has 0 radical (unpaired) electrons. The van der Waals surface area contributed by atoms with Gasteiger partial charge in [-0.1, -0.05) is 18.5 Å². The Morgan fingerprint density at radius 3 is 2.62 bits per heavy atom. The van der Waals surface area contributed by atoms with Crippen LogP contribution in [0, 0.1) is 0 Å². The second-order valence-corrected chi connectivity index (χ2v) is 7.26. The number of sulfonamides is 1. The second kappa shape index (κ2) is 8.29. The Morgan fingerprint density at radius 1 is 1.38 bits per heavy atom. The van der Waals surface area contributed by atoms with Gasteiger partial charge in [0, 0.05) is 25.0 Å². The Hall–Kier alpha value is -0.400. The van der Waals surface area contributed by atoms with Crippen LogP contribution in [0.2, 0.25) is 5.02 Å². The van der Waals surface area contributed by atoms with Crippen LogP contribution in [0.15, 0.2) is 23.4 Å². The molecule has 1 aliphatic heterocycles. The molecule has 0 spiro atoms. The predicted octanol–water partition coefficient (Wildman–Crippen LogP) is 2.31. The molecule has 5 nitrogen and oxygen atoms in total. The number of piperidine rings is 1. The van der Waals surface area contributed by atoms with Gasteiger partial charge in [0.15, 0.2) is 0 Å². The molecule has 0 atom stereocenters. The van der Waals surface area contributed by atoms with Crippen molar-refractivity contribution in [3.05, 3.63) is 23.5 Å². The molecule has 120 valence electrons. The third kappa shape index (κ3) is 4.53. The number of aromatic nitrogens is 1. The zero-order valence-corrected chi connectivity index (χ0v) is 14.3. The van der Waals surface area contributed by atoms with Crippen molar-refractivity contribution in [3.8, 4) is 0 Å². The third-order valence-electron chi connectivity index (χ3n) is 3.45. The minimum absolute atomic E-state index is 0. The van der Waals surface area contributed by atoms with Gasteiger partial charge in [-0.15, -0.1) is 12.4 Å². The highest BCUT2D eigenvalue weighted by Crippen LogP contribution is 2.24. The summed E-state index contributed by atoms with van der Waals surface area (Å²) in [7, 11) is -3.53.